The molecule has 0 aliphatic rings. The molecular formula is C15H17F3N2. The van der Waals surface area contributed by atoms with Crippen LogP contribution in [0.1, 0.15) is 19.3 Å². The Balaban J connectivity index is 4.71. The third-order valence-corrected chi connectivity index (χ3v) is 2.18. The monoisotopic (exact) mass is 282 g/mol. The standard InChI is InChI=1S/C15H17F3N2/c1-2-6-13(7-3-4-10-19)11-14(12-20)8-5-9-15(16,17)18/h2-3,5-8,12H,1,4,9,11,20H2/b7-3-,8-5-,13-6+,14-12+. The lowest BCUT2D eigenvalue weighted by Gasteiger charge is -2.04. The second-order valence-corrected chi connectivity index (χ2v) is 3.88. The van der Waals surface area contributed by atoms with Gasteiger partial charge >= 0.3 is 6.18 Å². The maximum Gasteiger partial charge on any atom is 0.392 e. The molecular weight excluding hydrogens is 265 g/mol. The van der Waals surface area contributed by atoms with Crippen LogP contribution in [0.5, 0.6) is 0 Å². The third-order valence-electron chi connectivity index (χ3n) is 2.18. The van der Waals surface area contributed by atoms with Crippen LogP contribution in [0.15, 0.2) is 60.4 Å². The Morgan fingerprint density at radius 2 is 1.85 bits per heavy atom. The van der Waals surface area contributed by atoms with E-state index in [1.165, 1.54) is 12.3 Å². The lowest BCUT2D eigenvalue weighted by atomic mass is 10.0. The Bertz CT molecular complexity index is 460. The van der Waals surface area contributed by atoms with E-state index in [1.807, 2.05) is 6.07 Å². The van der Waals surface area contributed by atoms with E-state index < -0.39 is 12.6 Å². The number of nitrogens with two attached hydrogens (primary N) is 1. The summed E-state index contributed by atoms with van der Waals surface area (Å²) in [6.07, 6.45) is 5.76. The highest BCUT2D eigenvalue weighted by atomic mass is 19.4. The molecule has 2 N–H and O–H groups in total. The SMILES string of the molecule is C=C/C=C(\C=C/CC#N)CC(/C=C\CC(F)(F)F)=C/N. The fourth-order valence-corrected chi connectivity index (χ4v) is 1.34. The molecule has 20 heavy (non-hydrogen) atoms. The van der Waals surface area contributed by atoms with Crippen LogP contribution in [-0.2, 0) is 0 Å². The molecule has 0 aromatic heterocycles. The summed E-state index contributed by atoms with van der Waals surface area (Å²) in [5.74, 6) is 0. The second-order valence-electron chi connectivity index (χ2n) is 3.88. The van der Waals surface area contributed by atoms with E-state index in [1.54, 1.807) is 24.3 Å². The van der Waals surface area contributed by atoms with Crippen LogP contribution in [-0.4, -0.2) is 6.18 Å². The summed E-state index contributed by atoms with van der Waals surface area (Å²) in [7, 11) is 0. The topological polar surface area (TPSA) is 49.8 Å². The Kier molecular flexibility index (Phi) is 8.60. The van der Waals surface area contributed by atoms with Crippen LogP contribution < -0.4 is 5.73 Å². The Hall–Kier alpha value is -2.22. The van der Waals surface area contributed by atoms with Crippen molar-refractivity contribution in [2.75, 3.05) is 0 Å². The molecule has 0 aliphatic carbocycles. The number of halogens is 3. The minimum atomic E-state index is -4.22. The average molecular weight is 282 g/mol. The normalized spacial score (nSPS) is 13.9. The number of nitrogens with zero attached hydrogens (tertiary/aromatic N) is 1. The molecule has 0 aliphatic heterocycles. The van der Waals surface area contributed by atoms with Gasteiger partial charge in [0.15, 0.2) is 0 Å². The molecule has 0 saturated heterocycles. The Morgan fingerprint density at radius 3 is 2.35 bits per heavy atom. The maximum atomic E-state index is 12.0. The molecule has 0 unspecified atom stereocenters. The molecule has 0 atom stereocenters. The van der Waals surface area contributed by atoms with Gasteiger partial charge in [0, 0.05) is 0 Å². The first-order valence-corrected chi connectivity index (χ1v) is 5.92. The predicted octanol–water partition coefficient (Wildman–Crippen LogP) is 4.31. The van der Waals surface area contributed by atoms with Crippen molar-refractivity contribution in [3.8, 4) is 6.07 Å². The number of allylic oxidation sites excluding steroid dienone is 8. The molecule has 0 fully saturated rings. The van der Waals surface area contributed by atoms with Gasteiger partial charge in [-0.3, -0.25) is 0 Å². The molecule has 2 nitrogen and oxygen atoms in total. The highest BCUT2D eigenvalue weighted by Crippen LogP contribution is 2.21. The van der Waals surface area contributed by atoms with Gasteiger partial charge in [-0.25, -0.2) is 0 Å². The fraction of sp³-hybridized carbons (Fsp3) is 0.267. The number of hydrogen-bond donors (Lipinski definition) is 1. The summed E-state index contributed by atoms with van der Waals surface area (Å²) in [4.78, 5) is 0. The summed E-state index contributed by atoms with van der Waals surface area (Å²) >= 11 is 0. The zero-order chi connectivity index (χ0) is 15.4. The summed E-state index contributed by atoms with van der Waals surface area (Å²) in [5, 5.41) is 8.44. The van der Waals surface area contributed by atoms with E-state index >= 15 is 0 Å². The number of rotatable bonds is 7. The minimum absolute atomic E-state index is 0.264. The van der Waals surface area contributed by atoms with Crippen LogP contribution in [0.4, 0.5) is 13.2 Å². The van der Waals surface area contributed by atoms with E-state index in [0.717, 1.165) is 11.6 Å². The van der Waals surface area contributed by atoms with Gasteiger partial charge in [0.05, 0.1) is 18.9 Å². The highest BCUT2D eigenvalue weighted by molar-refractivity contribution is 5.32. The summed E-state index contributed by atoms with van der Waals surface area (Å²) in [5.41, 5.74) is 6.77. The van der Waals surface area contributed by atoms with E-state index in [2.05, 4.69) is 6.58 Å². The molecule has 0 amide bonds. The molecule has 0 heterocycles. The Morgan fingerprint density at radius 1 is 1.20 bits per heavy atom. The van der Waals surface area contributed by atoms with E-state index in [9.17, 15) is 13.2 Å². The zero-order valence-corrected chi connectivity index (χ0v) is 11.0. The second kappa shape index (κ2) is 9.68. The molecule has 0 aromatic carbocycles. The van der Waals surface area contributed by atoms with Crippen LogP contribution in [0.3, 0.4) is 0 Å². The van der Waals surface area contributed by atoms with Gasteiger partial charge in [0.25, 0.3) is 0 Å². The van der Waals surface area contributed by atoms with Gasteiger partial charge in [-0.15, -0.1) is 0 Å². The maximum absolute atomic E-state index is 12.0. The summed E-state index contributed by atoms with van der Waals surface area (Å²) < 4.78 is 36.1. The lowest BCUT2D eigenvalue weighted by Crippen LogP contribution is -2.04. The van der Waals surface area contributed by atoms with Gasteiger partial charge < -0.3 is 5.73 Å². The first-order valence-electron chi connectivity index (χ1n) is 5.92. The van der Waals surface area contributed by atoms with Crippen molar-refractivity contribution in [1.82, 2.24) is 0 Å². The predicted molar refractivity (Wildman–Crippen MR) is 74.3 cm³/mol. The van der Waals surface area contributed by atoms with E-state index in [-0.39, 0.29) is 6.42 Å². The van der Waals surface area contributed by atoms with Crippen molar-refractivity contribution in [2.24, 2.45) is 5.73 Å². The highest BCUT2D eigenvalue weighted by Gasteiger charge is 2.24. The molecule has 0 rings (SSSR count). The van der Waals surface area contributed by atoms with Crippen LogP contribution >= 0.6 is 0 Å². The van der Waals surface area contributed by atoms with Crippen molar-refractivity contribution < 1.29 is 13.2 Å². The van der Waals surface area contributed by atoms with Crippen molar-refractivity contribution in [2.45, 2.75) is 25.4 Å². The van der Waals surface area contributed by atoms with Crippen molar-refractivity contribution >= 4 is 0 Å². The summed E-state index contributed by atoms with van der Waals surface area (Å²) in [6.45, 7) is 3.56. The van der Waals surface area contributed by atoms with Gasteiger partial charge in [-0.05, 0) is 23.8 Å². The Labute approximate surface area is 117 Å². The van der Waals surface area contributed by atoms with Crippen LogP contribution in [0, 0.1) is 11.3 Å². The van der Waals surface area contributed by atoms with Gasteiger partial charge in [-0.1, -0.05) is 43.0 Å². The fourth-order valence-electron chi connectivity index (χ4n) is 1.34. The molecule has 0 spiro atoms. The van der Waals surface area contributed by atoms with E-state index in [4.69, 9.17) is 11.0 Å². The lowest BCUT2D eigenvalue weighted by molar-refractivity contribution is -0.125. The van der Waals surface area contributed by atoms with Crippen molar-refractivity contribution in [1.29, 1.82) is 5.26 Å². The third kappa shape index (κ3) is 9.77. The zero-order valence-electron chi connectivity index (χ0n) is 11.0. The molecule has 0 bridgehead atoms. The van der Waals surface area contributed by atoms with Crippen LogP contribution in [0.2, 0.25) is 0 Å². The molecule has 0 radical (unpaired) electrons. The van der Waals surface area contributed by atoms with Crippen molar-refractivity contribution in [3.05, 3.63) is 60.4 Å². The first-order chi connectivity index (χ1) is 9.42. The average Bonchev–Trinajstić information content (AvgIpc) is 2.36. The molecule has 0 saturated carbocycles. The number of hydrogen-bond acceptors (Lipinski definition) is 2. The van der Waals surface area contributed by atoms with E-state index in [0.29, 0.717) is 12.0 Å². The van der Waals surface area contributed by atoms with Crippen molar-refractivity contribution in [3.63, 3.8) is 0 Å². The van der Waals surface area contributed by atoms with Crippen LogP contribution in [0.25, 0.3) is 0 Å². The smallest absolute Gasteiger partial charge is 0.392 e. The molecule has 5 heteroatoms. The first kappa shape index (κ1) is 17.8. The largest absolute Gasteiger partial charge is 0.404 e. The van der Waals surface area contributed by atoms with Gasteiger partial charge in [0.1, 0.15) is 0 Å². The molecule has 0 aromatic rings. The molecule has 108 valence electrons. The quantitative estimate of drug-likeness (QED) is 0.707. The minimum Gasteiger partial charge on any atom is -0.404 e. The van der Waals surface area contributed by atoms with Gasteiger partial charge in [0.2, 0.25) is 0 Å². The number of alkyl halides is 3. The van der Waals surface area contributed by atoms with Gasteiger partial charge in [-0.2, -0.15) is 18.4 Å². The summed E-state index contributed by atoms with van der Waals surface area (Å²) in [6, 6.07) is 1.97. The number of nitriles is 1.